The van der Waals surface area contributed by atoms with Gasteiger partial charge in [-0.15, -0.1) is 0 Å². The number of rotatable bonds is 6. The third-order valence-corrected chi connectivity index (χ3v) is 2.28. The number of allylic oxidation sites excluding steroid dienone is 1. The predicted octanol–water partition coefficient (Wildman–Crippen LogP) is 3.23. The molecule has 0 rings (SSSR count). The molecule has 0 unspecified atom stereocenters. The highest BCUT2D eigenvalue weighted by atomic mass is 16.4. The van der Waals surface area contributed by atoms with Crippen LogP contribution < -0.4 is 0 Å². The molecule has 76 valence electrons. The Labute approximate surface area is 80.7 Å². The predicted molar refractivity (Wildman–Crippen MR) is 54.7 cm³/mol. The maximum atomic E-state index is 10.6. The van der Waals surface area contributed by atoms with E-state index in [9.17, 15) is 4.79 Å². The number of unbranched alkanes of at least 4 members (excludes halogenated alkanes) is 1. The average molecular weight is 184 g/mol. The van der Waals surface area contributed by atoms with Gasteiger partial charge >= 0.3 is 5.97 Å². The second-order valence-electron chi connectivity index (χ2n) is 3.47. The Bertz CT molecular complexity index is 183. The van der Waals surface area contributed by atoms with Gasteiger partial charge in [0, 0.05) is 5.57 Å². The normalized spacial score (nSPS) is 14.2. The van der Waals surface area contributed by atoms with Crippen LogP contribution in [-0.2, 0) is 4.79 Å². The Balaban J connectivity index is 4.09. The van der Waals surface area contributed by atoms with E-state index in [0.29, 0.717) is 11.5 Å². The summed E-state index contributed by atoms with van der Waals surface area (Å²) in [5, 5.41) is 8.68. The van der Waals surface area contributed by atoms with Gasteiger partial charge in [-0.2, -0.15) is 0 Å². The molecule has 2 heteroatoms. The van der Waals surface area contributed by atoms with Crippen molar-refractivity contribution in [1.29, 1.82) is 0 Å². The zero-order valence-electron chi connectivity index (χ0n) is 8.84. The number of carboxylic acids is 1. The Kier molecular flexibility index (Phi) is 6.29. The van der Waals surface area contributed by atoms with Crippen molar-refractivity contribution in [1.82, 2.24) is 0 Å². The lowest BCUT2D eigenvalue weighted by molar-refractivity contribution is -0.132. The zero-order chi connectivity index (χ0) is 10.3. The summed E-state index contributed by atoms with van der Waals surface area (Å²) in [5.74, 6) is -0.356. The smallest absolute Gasteiger partial charge is 0.330 e. The Morgan fingerprint density at radius 1 is 1.46 bits per heavy atom. The summed E-state index contributed by atoms with van der Waals surface area (Å²) in [5.41, 5.74) is 0.475. The number of carboxylic acid groups (broad SMARTS) is 1. The van der Waals surface area contributed by atoms with Gasteiger partial charge in [-0.05, 0) is 25.7 Å². The van der Waals surface area contributed by atoms with E-state index < -0.39 is 5.97 Å². The van der Waals surface area contributed by atoms with E-state index in [1.165, 1.54) is 12.8 Å². The first-order valence-corrected chi connectivity index (χ1v) is 5.03. The lowest BCUT2D eigenvalue weighted by Crippen LogP contribution is -2.01. The van der Waals surface area contributed by atoms with Gasteiger partial charge < -0.3 is 5.11 Å². The largest absolute Gasteiger partial charge is 0.478 e. The molecular formula is C11H20O2. The Morgan fingerprint density at radius 3 is 2.46 bits per heavy atom. The molecule has 0 fully saturated rings. The SMILES string of the molecule is CCCC[C@@H](/C=C(/C)C(=O)O)CC. The first-order valence-electron chi connectivity index (χ1n) is 5.03. The van der Waals surface area contributed by atoms with E-state index in [0.717, 1.165) is 12.8 Å². The highest BCUT2D eigenvalue weighted by molar-refractivity contribution is 5.85. The van der Waals surface area contributed by atoms with Crippen molar-refractivity contribution in [2.45, 2.75) is 46.5 Å². The summed E-state index contributed by atoms with van der Waals surface area (Å²) in [7, 11) is 0. The lowest BCUT2D eigenvalue weighted by Gasteiger charge is -2.09. The minimum Gasteiger partial charge on any atom is -0.478 e. The van der Waals surface area contributed by atoms with Crippen LogP contribution in [0.1, 0.15) is 46.5 Å². The van der Waals surface area contributed by atoms with E-state index in [-0.39, 0.29) is 0 Å². The summed E-state index contributed by atoms with van der Waals surface area (Å²) in [6.45, 7) is 5.92. The summed E-state index contributed by atoms with van der Waals surface area (Å²) in [6, 6.07) is 0. The molecule has 0 aromatic heterocycles. The fourth-order valence-corrected chi connectivity index (χ4v) is 1.30. The van der Waals surface area contributed by atoms with E-state index in [1.54, 1.807) is 6.92 Å². The first-order chi connectivity index (χ1) is 6.11. The summed E-state index contributed by atoms with van der Waals surface area (Å²) >= 11 is 0. The van der Waals surface area contributed by atoms with Crippen LogP contribution in [0.25, 0.3) is 0 Å². The van der Waals surface area contributed by atoms with Crippen LogP contribution in [0, 0.1) is 5.92 Å². The monoisotopic (exact) mass is 184 g/mol. The number of hydrogen-bond donors (Lipinski definition) is 1. The van der Waals surface area contributed by atoms with Gasteiger partial charge in [0.25, 0.3) is 0 Å². The number of carbonyl (C=O) groups is 1. The molecule has 0 heterocycles. The van der Waals surface area contributed by atoms with Gasteiger partial charge in [0.1, 0.15) is 0 Å². The van der Waals surface area contributed by atoms with Gasteiger partial charge in [-0.3, -0.25) is 0 Å². The molecule has 0 aromatic carbocycles. The molecule has 0 saturated heterocycles. The van der Waals surface area contributed by atoms with E-state index in [1.807, 2.05) is 6.08 Å². The first kappa shape index (κ1) is 12.2. The maximum Gasteiger partial charge on any atom is 0.330 e. The molecule has 13 heavy (non-hydrogen) atoms. The van der Waals surface area contributed by atoms with Crippen molar-refractivity contribution in [3.8, 4) is 0 Å². The van der Waals surface area contributed by atoms with Crippen LogP contribution in [0.15, 0.2) is 11.6 Å². The van der Waals surface area contributed by atoms with Crippen molar-refractivity contribution in [3.63, 3.8) is 0 Å². The molecular weight excluding hydrogens is 164 g/mol. The van der Waals surface area contributed by atoms with E-state index >= 15 is 0 Å². The van der Waals surface area contributed by atoms with Crippen LogP contribution in [0.5, 0.6) is 0 Å². The van der Waals surface area contributed by atoms with Crippen LogP contribution in [0.2, 0.25) is 0 Å². The summed E-state index contributed by atoms with van der Waals surface area (Å²) in [4.78, 5) is 10.6. The molecule has 0 bridgehead atoms. The molecule has 1 atom stereocenters. The third-order valence-electron chi connectivity index (χ3n) is 2.28. The molecule has 0 aliphatic heterocycles. The zero-order valence-corrected chi connectivity index (χ0v) is 8.84. The van der Waals surface area contributed by atoms with Crippen molar-refractivity contribution in [2.24, 2.45) is 5.92 Å². The fourth-order valence-electron chi connectivity index (χ4n) is 1.30. The second kappa shape index (κ2) is 6.70. The van der Waals surface area contributed by atoms with Gasteiger partial charge in [0.2, 0.25) is 0 Å². The highest BCUT2D eigenvalue weighted by Gasteiger charge is 2.06. The highest BCUT2D eigenvalue weighted by Crippen LogP contribution is 2.15. The quantitative estimate of drug-likeness (QED) is 0.643. The Morgan fingerprint density at radius 2 is 2.08 bits per heavy atom. The minimum atomic E-state index is -0.796. The van der Waals surface area contributed by atoms with Crippen LogP contribution in [0.3, 0.4) is 0 Å². The van der Waals surface area contributed by atoms with Gasteiger partial charge in [0.15, 0.2) is 0 Å². The molecule has 0 aliphatic rings. The molecule has 2 nitrogen and oxygen atoms in total. The van der Waals surface area contributed by atoms with Gasteiger partial charge in [0.05, 0.1) is 0 Å². The van der Waals surface area contributed by atoms with Crippen LogP contribution in [-0.4, -0.2) is 11.1 Å². The number of aliphatic carboxylic acids is 1. The minimum absolute atomic E-state index is 0.441. The molecule has 0 aromatic rings. The molecule has 0 saturated carbocycles. The molecule has 0 radical (unpaired) electrons. The molecule has 1 N–H and O–H groups in total. The summed E-state index contributed by atoms with van der Waals surface area (Å²) < 4.78 is 0. The third kappa shape index (κ3) is 5.45. The molecule has 0 spiro atoms. The fraction of sp³-hybridized carbons (Fsp3) is 0.727. The lowest BCUT2D eigenvalue weighted by atomic mass is 9.97. The molecule has 0 aliphatic carbocycles. The molecule has 0 amide bonds. The topological polar surface area (TPSA) is 37.3 Å². The number of hydrogen-bond acceptors (Lipinski definition) is 1. The van der Waals surface area contributed by atoms with Crippen LogP contribution in [0.4, 0.5) is 0 Å². The van der Waals surface area contributed by atoms with E-state index in [2.05, 4.69) is 13.8 Å². The van der Waals surface area contributed by atoms with Crippen molar-refractivity contribution >= 4 is 5.97 Å². The van der Waals surface area contributed by atoms with Crippen molar-refractivity contribution in [2.75, 3.05) is 0 Å². The standard InChI is InChI=1S/C11H20O2/c1-4-6-7-10(5-2)8-9(3)11(12)13/h8,10H,4-7H2,1-3H3,(H,12,13)/b9-8-/t10-/m0/s1. The van der Waals surface area contributed by atoms with Crippen molar-refractivity contribution < 1.29 is 9.90 Å². The maximum absolute atomic E-state index is 10.6. The van der Waals surface area contributed by atoms with Gasteiger partial charge in [-0.25, -0.2) is 4.79 Å². The Hall–Kier alpha value is -0.790. The average Bonchev–Trinajstić information content (AvgIpc) is 2.11. The second-order valence-corrected chi connectivity index (χ2v) is 3.47. The van der Waals surface area contributed by atoms with Crippen molar-refractivity contribution in [3.05, 3.63) is 11.6 Å². The van der Waals surface area contributed by atoms with E-state index in [4.69, 9.17) is 5.11 Å². The van der Waals surface area contributed by atoms with Gasteiger partial charge in [-0.1, -0.05) is 32.8 Å². The van der Waals surface area contributed by atoms with Crippen LogP contribution >= 0.6 is 0 Å². The summed E-state index contributed by atoms with van der Waals surface area (Å²) in [6.07, 6.45) is 6.39.